The normalized spacial score (nSPS) is 10.2. The summed E-state index contributed by atoms with van der Waals surface area (Å²) in [6.07, 6.45) is 4.50. The monoisotopic (exact) mass is 370 g/mol. The molecule has 0 unspecified atom stereocenters. The van der Waals surface area contributed by atoms with Crippen LogP contribution < -0.4 is 15.4 Å². The van der Waals surface area contributed by atoms with Crippen molar-refractivity contribution in [3.05, 3.63) is 59.7 Å². The molecule has 0 spiro atoms. The Morgan fingerprint density at radius 1 is 1.08 bits per heavy atom. The van der Waals surface area contributed by atoms with E-state index >= 15 is 0 Å². The second-order valence-electron chi connectivity index (χ2n) is 6.18. The SMILES string of the molecule is CCCCCCOc1ccccc1C(=O)NC(=S)Nc1cccc(C)c1. The molecule has 2 aromatic carbocycles. The minimum atomic E-state index is -0.278. The van der Waals surface area contributed by atoms with Crippen LogP contribution in [0.4, 0.5) is 5.69 Å². The summed E-state index contributed by atoms with van der Waals surface area (Å²) in [6, 6.07) is 15.0. The Hall–Kier alpha value is -2.40. The smallest absolute Gasteiger partial charge is 0.261 e. The predicted molar refractivity (Wildman–Crippen MR) is 111 cm³/mol. The van der Waals surface area contributed by atoms with Crippen molar-refractivity contribution in [3.8, 4) is 5.75 Å². The molecule has 0 radical (unpaired) electrons. The van der Waals surface area contributed by atoms with Crippen molar-refractivity contribution in [3.63, 3.8) is 0 Å². The molecule has 26 heavy (non-hydrogen) atoms. The number of thiocarbonyl (C=S) groups is 1. The quantitative estimate of drug-likeness (QED) is 0.502. The highest BCUT2D eigenvalue weighted by Crippen LogP contribution is 2.18. The maximum absolute atomic E-state index is 12.5. The Balaban J connectivity index is 1.93. The van der Waals surface area contributed by atoms with Gasteiger partial charge in [-0.2, -0.15) is 0 Å². The Kier molecular flexibility index (Phi) is 8.09. The molecule has 138 valence electrons. The van der Waals surface area contributed by atoms with E-state index in [9.17, 15) is 4.79 Å². The molecule has 0 aliphatic rings. The summed E-state index contributed by atoms with van der Waals surface area (Å²) in [5.41, 5.74) is 2.44. The van der Waals surface area contributed by atoms with Gasteiger partial charge in [0.1, 0.15) is 5.75 Å². The summed E-state index contributed by atoms with van der Waals surface area (Å²) in [5.74, 6) is 0.305. The van der Waals surface area contributed by atoms with Crippen LogP contribution in [-0.4, -0.2) is 17.6 Å². The fraction of sp³-hybridized carbons (Fsp3) is 0.333. The number of rotatable bonds is 8. The van der Waals surface area contributed by atoms with Crippen LogP contribution in [0.25, 0.3) is 0 Å². The molecule has 0 saturated carbocycles. The Labute approximate surface area is 161 Å². The molecular formula is C21H26N2O2S. The lowest BCUT2D eigenvalue weighted by atomic mass is 10.2. The van der Waals surface area contributed by atoms with Gasteiger partial charge >= 0.3 is 0 Å². The third-order valence-corrected chi connectivity index (χ3v) is 4.09. The maximum Gasteiger partial charge on any atom is 0.261 e. The van der Waals surface area contributed by atoms with Gasteiger partial charge in [0.15, 0.2) is 5.11 Å². The van der Waals surface area contributed by atoms with Gasteiger partial charge in [0.05, 0.1) is 12.2 Å². The molecule has 2 N–H and O–H groups in total. The van der Waals surface area contributed by atoms with Gasteiger partial charge in [-0.3, -0.25) is 10.1 Å². The molecule has 4 nitrogen and oxygen atoms in total. The third kappa shape index (κ3) is 6.48. The fourth-order valence-corrected chi connectivity index (χ4v) is 2.76. The van der Waals surface area contributed by atoms with E-state index in [1.165, 1.54) is 12.8 Å². The van der Waals surface area contributed by atoms with Crippen molar-refractivity contribution in [2.45, 2.75) is 39.5 Å². The second kappa shape index (κ2) is 10.6. The zero-order valence-corrected chi connectivity index (χ0v) is 16.2. The first-order chi connectivity index (χ1) is 12.6. The average molecular weight is 371 g/mol. The summed E-state index contributed by atoms with van der Waals surface area (Å²) in [7, 11) is 0. The fourth-order valence-electron chi connectivity index (χ4n) is 2.55. The van der Waals surface area contributed by atoms with Gasteiger partial charge in [-0.1, -0.05) is 50.5 Å². The first-order valence-corrected chi connectivity index (χ1v) is 9.42. The molecular weight excluding hydrogens is 344 g/mol. The topological polar surface area (TPSA) is 50.4 Å². The first-order valence-electron chi connectivity index (χ1n) is 9.01. The lowest BCUT2D eigenvalue weighted by molar-refractivity contribution is 0.0973. The van der Waals surface area contributed by atoms with Crippen LogP contribution in [0.2, 0.25) is 0 Å². The van der Waals surface area contributed by atoms with Gasteiger partial charge in [0.2, 0.25) is 0 Å². The van der Waals surface area contributed by atoms with E-state index in [0.717, 1.165) is 24.1 Å². The third-order valence-electron chi connectivity index (χ3n) is 3.89. The molecule has 0 fully saturated rings. The van der Waals surface area contributed by atoms with Gasteiger partial charge in [0.25, 0.3) is 5.91 Å². The summed E-state index contributed by atoms with van der Waals surface area (Å²) < 4.78 is 5.80. The molecule has 0 heterocycles. The van der Waals surface area contributed by atoms with Crippen molar-refractivity contribution >= 4 is 28.9 Å². The number of anilines is 1. The minimum Gasteiger partial charge on any atom is -0.493 e. The molecule has 0 bridgehead atoms. The van der Waals surface area contributed by atoms with E-state index in [1.807, 2.05) is 49.4 Å². The van der Waals surface area contributed by atoms with Crippen molar-refractivity contribution in [2.24, 2.45) is 0 Å². The Bertz CT molecular complexity index is 746. The van der Waals surface area contributed by atoms with Crippen LogP contribution >= 0.6 is 12.2 Å². The molecule has 2 rings (SSSR count). The van der Waals surface area contributed by atoms with Gasteiger partial charge in [-0.15, -0.1) is 0 Å². The zero-order valence-electron chi connectivity index (χ0n) is 15.4. The summed E-state index contributed by atoms with van der Waals surface area (Å²) in [6.45, 7) is 4.78. The van der Waals surface area contributed by atoms with Crippen LogP contribution in [0.1, 0.15) is 48.5 Å². The number of para-hydroxylation sites is 1. The highest BCUT2D eigenvalue weighted by molar-refractivity contribution is 7.80. The predicted octanol–water partition coefficient (Wildman–Crippen LogP) is 5.08. The lowest BCUT2D eigenvalue weighted by Gasteiger charge is -2.13. The molecule has 0 aromatic heterocycles. The lowest BCUT2D eigenvalue weighted by Crippen LogP contribution is -2.34. The number of ether oxygens (including phenoxy) is 1. The molecule has 1 amide bonds. The van der Waals surface area contributed by atoms with Crippen LogP contribution in [0.3, 0.4) is 0 Å². The molecule has 0 saturated heterocycles. The number of unbranched alkanes of at least 4 members (excludes halogenated alkanes) is 3. The van der Waals surface area contributed by atoms with Crippen molar-refractivity contribution in [1.82, 2.24) is 5.32 Å². The van der Waals surface area contributed by atoms with Crippen LogP contribution in [0, 0.1) is 6.92 Å². The number of amides is 1. The van der Waals surface area contributed by atoms with Crippen LogP contribution in [0.15, 0.2) is 48.5 Å². The van der Waals surface area contributed by atoms with Crippen molar-refractivity contribution in [1.29, 1.82) is 0 Å². The van der Waals surface area contributed by atoms with Gasteiger partial charge in [-0.25, -0.2) is 0 Å². The number of nitrogens with one attached hydrogen (secondary N) is 2. The van der Waals surface area contributed by atoms with E-state index < -0.39 is 0 Å². The number of hydrogen-bond donors (Lipinski definition) is 2. The van der Waals surface area contributed by atoms with Crippen LogP contribution in [-0.2, 0) is 0 Å². The molecule has 5 heteroatoms. The number of carbonyl (C=O) groups excluding carboxylic acids is 1. The summed E-state index contributed by atoms with van der Waals surface area (Å²) in [5, 5.41) is 6.01. The van der Waals surface area contributed by atoms with E-state index in [4.69, 9.17) is 17.0 Å². The number of carbonyl (C=O) groups is 1. The average Bonchev–Trinajstić information content (AvgIpc) is 2.61. The summed E-state index contributed by atoms with van der Waals surface area (Å²) >= 11 is 5.25. The van der Waals surface area contributed by atoms with Gasteiger partial charge in [0, 0.05) is 5.69 Å². The van der Waals surface area contributed by atoms with Crippen LogP contribution in [0.5, 0.6) is 5.75 Å². The van der Waals surface area contributed by atoms with Crippen molar-refractivity contribution in [2.75, 3.05) is 11.9 Å². The van der Waals surface area contributed by atoms with E-state index in [2.05, 4.69) is 17.6 Å². The largest absolute Gasteiger partial charge is 0.493 e. The molecule has 0 atom stereocenters. The number of hydrogen-bond acceptors (Lipinski definition) is 3. The number of benzene rings is 2. The van der Waals surface area contributed by atoms with E-state index in [1.54, 1.807) is 6.07 Å². The summed E-state index contributed by atoms with van der Waals surface area (Å²) in [4.78, 5) is 12.5. The van der Waals surface area contributed by atoms with E-state index in [-0.39, 0.29) is 11.0 Å². The molecule has 2 aromatic rings. The minimum absolute atomic E-state index is 0.262. The van der Waals surface area contributed by atoms with Crippen molar-refractivity contribution < 1.29 is 9.53 Å². The molecule has 0 aliphatic heterocycles. The maximum atomic E-state index is 12.5. The molecule has 0 aliphatic carbocycles. The first kappa shape index (κ1) is 19.9. The van der Waals surface area contributed by atoms with E-state index in [0.29, 0.717) is 17.9 Å². The highest BCUT2D eigenvalue weighted by Gasteiger charge is 2.13. The zero-order chi connectivity index (χ0) is 18.8. The Morgan fingerprint density at radius 2 is 1.88 bits per heavy atom. The Morgan fingerprint density at radius 3 is 2.65 bits per heavy atom. The second-order valence-corrected chi connectivity index (χ2v) is 6.59. The van der Waals surface area contributed by atoms with Gasteiger partial charge in [-0.05, 0) is 55.4 Å². The standard InChI is InChI=1S/C21H26N2O2S/c1-3-4-5-8-14-25-19-13-7-6-12-18(19)20(24)23-21(26)22-17-11-9-10-16(2)15-17/h6-7,9-13,15H,3-5,8,14H2,1-2H3,(H2,22,23,24,26). The highest BCUT2D eigenvalue weighted by atomic mass is 32.1. The van der Waals surface area contributed by atoms with Gasteiger partial charge < -0.3 is 10.1 Å². The number of aryl methyl sites for hydroxylation is 1.